The summed E-state index contributed by atoms with van der Waals surface area (Å²) < 4.78 is 2.36. The third-order valence-electron chi connectivity index (χ3n) is 8.04. The monoisotopic (exact) mass is 584 g/mol. The Morgan fingerprint density at radius 3 is 1.45 bits per heavy atom. The highest BCUT2D eigenvalue weighted by Gasteiger charge is 2.16. The van der Waals surface area contributed by atoms with E-state index in [-0.39, 0.29) is 5.28 Å². The molecule has 0 bridgehead atoms. The Bertz CT molecular complexity index is 2220. The van der Waals surface area contributed by atoms with Crippen LogP contribution in [-0.4, -0.2) is 19.5 Å². The van der Waals surface area contributed by atoms with Gasteiger partial charge in [-0.1, -0.05) is 133 Å². The molecule has 0 aliphatic heterocycles. The van der Waals surface area contributed by atoms with Crippen molar-refractivity contribution in [3.05, 3.63) is 157 Å². The van der Waals surface area contributed by atoms with E-state index in [9.17, 15) is 0 Å². The first kappa shape index (κ1) is 26.1. The zero-order valence-electron chi connectivity index (χ0n) is 23.6. The van der Waals surface area contributed by atoms with Crippen LogP contribution < -0.4 is 0 Å². The lowest BCUT2D eigenvalue weighted by Crippen LogP contribution is -1.98. The van der Waals surface area contributed by atoms with Crippen LogP contribution in [0.5, 0.6) is 0 Å². The molecule has 0 aliphatic carbocycles. The number of rotatable bonds is 5. The van der Waals surface area contributed by atoms with Crippen LogP contribution in [0.4, 0.5) is 0 Å². The van der Waals surface area contributed by atoms with Gasteiger partial charge in [-0.2, -0.15) is 9.97 Å². The van der Waals surface area contributed by atoms with Gasteiger partial charge in [0.05, 0.1) is 16.7 Å². The Hall–Kier alpha value is -5.58. The van der Waals surface area contributed by atoms with Gasteiger partial charge in [0.15, 0.2) is 11.6 Å². The average Bonchev–Trinajstić information content (AvgIpc) is 3.43. The number of hydrogen-bond donors (Lipinski definition) is 0. The van der Waals surface area contributed by atoms with E-state index in [4.69, 9.17) is 16.6 Å². The average molecular weight is 585 g/mol. The van der Waals surface area contributed by atoms with Gasteiger partial charge >= 0.3 is 0 Å². The second-order valence-electron chi connectivity index (χ2n) is 10.7. The van der Waals surface area contributed by atoms with E-state index in [0.717, 1.165) is 39.1 Å². The van der Waals surface area contributed by atoms with E-state index in [1.165, 1.54) is 21.8 Å². The Morgan fingerprint density at radius 2 is 0.841 bits per heavy atom. The molecule has 0 spiro atoms. The number of benzene rings is 6. The molecule has 0 unspecified atom stereocenters. The summed E-state index contributed by atoms with van der Waals surface area (Å²) in [4.78, 5) is 13.7. The zero-order valence-corrected chi connectivity index (χ0v) is 24.4. The molecule has 0 atom stereocenters. The first-order valence-corrected chi connectivity index (χ1v) is 14.9. The number of aromatic nitrogens is 4. The van der Waals surface area contributed by atoms with Crippen LogP contribution in [0.2, 0.25) is 5.28 Å². The summed E-state index contributed by atoms with van der Waals surface area (Å²) in [6, 6.07) is 52.5. The van der Waals surface area contributed by atoms with E-state index in [1.54, 1.807) is 0 Å². The number of para-hydroxylation sites is 3. The molecule has 4 nitrogen and oxygen atoms in total. The normalized spacial score (nSPS) is 11.3. The molecule has 8 rings (SSSR count). The predicted octanol–water partition coefficient (Wildman–Crippen LogP) is 10.3. The number of hydrogen-bond acceptors (Lipinski definition) is 3. The molecular formula is C39H25ClN4. The summed E-state index contributed by atoms with van der Waals surface area (Å²) in [5.74, 6) is 1.08. The van der Waals surface area contributed by atoms with Gasteiger partial charge in [0, 0.05) is 27.5 Å². The van der Waals surface area contributed by atoms with Crippen molar-refractivity contribution >= 4 is 33.4 Å². The molecule has 0 amide bonds. The van der Waals surface area contributed by atoms with E-state index in [0.29, 0.717) is 11.6 Å². The molecule has 0 saturated carbocycles. The van der Waals surface area contributed by atoms with Gasteiger partial charge < -0.3 is 4.57 Å². The van der Waals surface area contributed by atoms with Crippen LogP contribution in [-0.2, 0) is 0 Å². The molecule has 2 aromatic heterocycles. The van der Waals surface area contributed by atoms with Gasteiger partial charge in [-0.3, -0.25) is 0 Å². The lowest BCUT2D eigenvalue weighted by atomic mass is 10.0. The van der Waals surface area contributed by atoms with Crippen LogP contribution in [0.15, 0.2) is 152 Å². The van der Waals surface area contributed by atoms with Gasteiger partial charge in [0.2, 0.25) is 5.28 Å². The topological polar surface area (TPSA) is 43.6 Å². The van der Waals surface area contributed by atoms with Crippen molar-refractivity contribution in [3.8, 4) is 50.7 Å². The van der Waals surface area contributed by atoms with Crippen molar-refractivity contribution in [2.24, 2.45) is 0 Å². The highest BCUT2D eigenvalue weighted by Crippen LogP contribution is 2.36. The van der Waals surface area contributed by atoms with Crippen LogP contribution in [0, 0.1) is 0 Å². The minimum absolute atomic E-state index is 0.165. The molecular weight excluding hydrogens is 560 g/mol. The minimum atomic E-state index is 0.165. The second-order valence-corrected chi connectivity index (χ2v) is 11.0. The van der Waals surface area contributed by atoms with Crippen molar-refractivity contribution in [2.75, 3.05) is 0 Å². The number of fused-ring (bicyclic) bond motifs is 3. The second kappa shape index (κ2) is 10.9. The molecule has 6 aromatic carbocycles. The molecule has 0 aliphatic rings. The van der Waals surface area contributed by atoms with Crippen LogP contribution >= 0.6 is 11.6 Å². The summed E-state index contributed by atoms with van der Waals surface area (Å²) in [5, 5.41) is 2.65. The third kappa shape index (κ3) is 4.62. The van der Waals surface area contributed by atoms with Crippen molar-refractivity contribution < 1.29 is 0 Å². The SMILES string of the molecule is Clc1nc(-c2ccc(-c3ccccc3)cc2)nc(-c2ccc(-c3ccccc3-n3c4ccccc4c4ccccc43)cc2)n1. The quantitative estimate of drug-likeness (QED) is 0.202. The zero-order chi connectivity index (χ0) is 29.5. The van der Waals surface area contributed by atoms with E-state index in [1.807, 2.05) is 42.5 Å². The highest BCUT2D eigenvalue weighted by atomic mass is 35.5. The van der Waals surface area contributed by atoms with Crippen LogP contribution in [0.25, 0.3) is 72.5 Å². The minimum Gasteiger partial charge on any atom is -0.309 e. The Kier molecular flexibility index (Phi) is 6.47. The van der Waals surface area contributed by atoms with Crippen LogP contribution in [0.3, 0.4) is 0 Å². The fourth-order valence-electron chi connectivity index (χ4n) is 5.94. The van der Waals surface area contributed by atoms with Gasteiger partial charge in [-0.25, -0.2) is 4.98 Å². The Balaban J connectivity index is 1.16. The van der Waals surface area contributed by atoms with Gasteiger partial charge in [0.25, 0.3) is 0 Å². The maximum absolute atomic E-state index is 6.41. The smallest absolute Gasteiger partial charge is 0.226 e. The fourth-order valence-corrected chi connectivity index (χ4v) is 6.10. The van der Waals surface area contributed by atoms with Gasteiger partial charge in [-0.05, 0) is 46.5 Å². The molecule has 0 radical (unpaired) electrons. The summed E-state index contributed by atoms with van der Waals surface area (Å²) >= 11 is 6.41. The lowest BCUT2D eigenvalue weighted by molar-refractivity contribution is 1.07. The molecule has 0 fully saturated rings. The summed E-state index contributed by atoms with van der Waals surface area (Å²) in [5.41, 5.74) is 9.77. The summed E-state index contributed by atoms with van der Waals surface area (Å²) in [7, 11) is 0. The van der Waals surface area contributed by atoms with Crippen molar-refractivity contribution in [1.29, 1.82) is 0 Å². The largest absolute Gasteiger partial charge is 0.309 e. The van der Waals surface area contributed by atoms with Crippen molar-refractivity contribution in [1.82, 2.24) is 19.5 Å². The van der Waals surface area contributed by atoms with Gasteiger partial charge in [-0.15, -0.1) is 0 Å². The van der Waals surface area contributed by atoms with Crippen LogP contribution in [0.1, 0.15) is 0 Å². The first-order chi connectivity index (χ1) is 21.7. The first-order valence-electron chi connectivity index (χ1n) is 14.5. The molecule has 208 valence electrons. The Labute approximate surface area is 259 Å². The maximum atomic E-state index is 6.41. The van der Waals surface area contributed by atoms with E-state index >= 15 is 0 Å². The fraction of sp³-hybridized carbons (Fsp3) is 0. The Morgan fingerprint density at radius 1 is 0.386 bits per heavy atom. The number of nitrogens with zero attached hydrogens (tertiary/aromatic N) is 4. The highest BCUT2D eigenvalue weighted by molar-refractivity contribution is 6.28. The summed E-state index contributed by atoms with van der Waals surface area (Å²) in [6.45, 7) is 0. The standard InChI is InChI=1S/C39H25ClN4/c40-39-42-37(29-22-18-27(19-23-29)26-10-2-1-3-11-26)41-38(43-39)30-24-20-28(21-25-30)31-12-4-7-15-34(31)44-35-16-8-5-13-32(35)33-14-6-9-17-36(33)44/h1-25H. The lowest BCUT2D eigenvalue weighted by Gasteiger charge is -2.14. The van der Waals surface area contributed by atoms with E-state index < -0.39 is 0 Å². The van der Waals surface area contributed by atoms with Gasteiger partial charge in [0.1, 0.15) is 0 Å². The number of halogens is 1. The maximum Gasteiger partial charge on any atom is 0.226 e. The predicted molar refractivity (Wildman–Crippen MR) is 181 cm³/mol. The van der Waals surface area contributed by atoms with Crippen molar-refractivity contribution in [3.63, 3.8) is 0 Å². The molecule has 0 N–H and O–H groups in total. The molecule has 8 aromatic rings. The van der Waals surface area contributed by atoms with E-state index in [2.05, 4.69) is 124 Å². The molecule has 5 heteroatoms. The summed E-state index contributed by atoms with van der Waals surface area (Å²) in [6.07, 6.45) is 0. The molecule has 44 heavy (non-hydrogen) atoms. The molecule has 2 heterocycles. The van der Waals surface area contributed by atoms with Crippen molar-refractivity contribution in [2.45, 2.75) is 0 Å². The molecule has 0 saturated heterocycles. The third-order valence-corrected chi connectivity index (χ3v) is 8.21.